The van der Waals surface area contributed by atoms with E-state index >= 15 is 0 Å². The zero-order valence-corrected chi connectivity index (χ0v) is 9.36. The maximum Gasteiger partial charge on any atom is 0.274 e. The summed E-state index contributed by atoms with van der Waals surface area (Å²) >= 11 is 5.63. The van der Waals surface area contributed by atoms with Gasteiger partial charge in [-0.1, -0.05) is 17.7 Å². The Morgan fingerprint density at radius 3 is 2.94 bits per heavy atom. The van der Waals surface area contributed by atoms with Gasteiger partial charge in [0.05, 0.1) is 4.92 Å². The molecule has 1 aromatic rings. The highest BCUT2D eigenvalue weighted by atomic mass is 35.5. The highest BCUT2D eigenvalue weighted by molar-refractivity contribution is 6.29. The molecular weight excluding hydrogens is 232 g/mol. The standard InChI is InChI=1S/C9H11ClN4O2/c1-11-9(6-14(15)16)13-5-7-2-3-8(10)12-4-7/h2-4,6,11,13H,5H2,1H3. The number of hydrogen-bond donors (Lipinski definition) is 2. The second-order valence-corrected chi connectivity index (χ2v) is 3.31. The summed E-state index contributed by atoms with van der Waals surface area (Å²) in [4.78, 5) is 13.6. The minimum absolute atomic E-state index is 0.333. The third-order valence-corrected chi connectivity index (χ3v) is 2.00. The zero-order valence-electron chi connectivity index (χ0n) is 8.61. The number of nitrogens with one attached hydrogen (secondary N) is 2. The van der Waals surface area contributed by atoms with Crippen molar-refractivity contribution in [2.75, 3.05) is 7.05 Å². The maximum absolute atomic E-state index is 10.2. The van der Waals surface area contributed by atoms with E-state index in [4.69, 9.17) is 11.6 Å². The molecule has 0 saturated heterocycles. The summed E-state index contributed by atoms with van der Waals surface area (Å²) in [7, 11) is 1.60. The van der Waals surface area contributed by atoms with Gasteiger partial charge in [0, 0.05) is 19.8 Å². The number of nitro groups is 1. The van der Waals surface area contributed by atoms with Gasteiger partial charge in [-0.15, -0.1) is 0 Å². The summed E-state index contributed by atoms with van der Waals surface area (Å²) in [6.07, 6.45) is 2.47. The Bertz CT molecular complexity index is 391. The largest absolute Gasteiger partial charge is 0.370 e. The van der Waals surface area contributed by atoms with Gasteiger partial charge in [0.15, 0.2) is 5.82 Å². The summed E-state index contributed by atoms with van der Waals surface area (Å²) in [5.41, 5.74) is 0.883. The molecule has 0 fully saturated rings. The minimum Gasteiger partial charge on any atom is -0.370 e. The Kier molecular flexibility index (Phi) is 4.53. The number of pyridine rings is 1. The normalized spacial score (nSPS) is 11.0. The molecule has 0 atom stereocenters. The van der Waals surface area contributed by atoms with Crippen LogP contribution in [0.4, 0.5) is 0 Å². The molecule has 0 aliphatic rings. The van der Waals surface area contributed by atoms with Crippen molar-refractivity contribution in [3.05, 3.63) is 51.2 Å². The van der Waals surface area contributed by atoms with E-state index in [1.165, 1.54) is 0 Å². The van der Waals surface area contributed by atoms with Crippen molar-refractivity contribution >= 4 is 11.6 Å². The van der Waals surface area contributed by atoms with Crippen LogP contribution in [0.5, 0.6) is 0 Å². The fraction of sp³-hybridized carbons (Fsp3) is 0.222. The number of hydrogen-bond acceptors (Lipinski definition) is 5. The van der Waals surface area contributed by atoms with Gasteiger partial charge in [-0.2, -0.15) is 0 Å². The molecule has 0 spiro atoms. The van der Waals surface area contributed by atoms with Crippen LogP contribution < -0.4 is 10.6 Å². The predicted octanol–water partition coefficient (Wildman–Crippen LogP) is 1.12. The monoisotopic (exact) mass is 242 g/mol. The van der Waals surface area contributed by atoms with Crippen LogP contribution in [0.25, 0.3) is 0 Å². The molecule has 0 amide bonds. The molecule has 86 valence electrons. The predicted molar refractivity (Wildman–Crippen MR) is 60.2 cm³/mol. The smallest absolute Gasteiger partial charge is 0.274 e. The van der Waals surface area contributed by atoms with E-state index in [1.807, 2.05) is 0 Å². The molecule has 0 bridgehead atoms. The maximum atomic E-state index is 10.2. The Hall–Kier alpha value is -1.82. The first-order valence-electron chi connectivity index (χ1n) is 4.49. The van der Waals surface area contributed by atoms with Crippen LogP contribution in [0, 0.1) is 10.1 Å². The zero-order chi connectivity index (χ0) is 12.0. The molecule has 2 N–H and O–H groups in total. The quantitative estimate of drug-likeness (QED) is 0.460. The lowest BCUT2D eigenvalue weighted by Crippen LogP contribution is -2.24. The molecule has 16 heavy (non-hydrogen) atoms. The molecule has 0 saturated carbocycles. The van der Waals surface area contributed by atoms with Crippen molar-refractivity contribution in [3.63, 3.8) is 0 Å². The van der Waals surface area contributed by atoms with Gasteiger partial charge < -0.3 is 10.6 Å². The number of halogens is 1. The van der Waals surface area contributed by atoms with Gasteiger partial charge in [0.25, 0.3) is 6.20 Å². The van der Waals surface area contributed by atoms with Crippen LogP contribution in [-0.4, -0.2) is 17.0 Å². The molecular formula is C9H11ClN4O2. The van der Waals surface area contributed by atoms with Gasteiger partial charge in [-0.3, -0.25) is 10.1 Å². The van der Waals surface area contributed by atoms with E-state index in [1.54, 1.807) is 25.4 Å². The highest BCUT2D eigenvalue weighted by Gasteiger charge is 2.00. The average molecular weight is 243 g/mol. The Morgan fingerprint density at radius 1 is 1.69 bits per heavy atom. The van der Waals surface area contributed by atoms with Crippen LogP contribution in [0.1, 0.15) is 5.56 Å². The molecule has 0 aliphatic carbocycles. The molecule has 1 aromatic heterocycles. The van der Waals surface area contributed by atoms with E-state index in [-0.39, 0.29) is 0 Å². The summed E-state index contributed by atoms with van der Waals surface area (Å²) in [6, 6.07) is 3.45. The van der Waals surface area contributed by atoms with Crippen LogP contribution in [0.3, 0.4) is 0 Å². The van der Waals surface area contributed by atoms with E-state index in [0.717, 1.165) is 11.8 Å². The van der Waals surface area contributed by atoms with Crippen molar-refractivity contribution in [2.45, 2.75) is 6.54 Å². The fourth-order valence-electron chi connectivity index (χ4n) is 1.01. The lowest BCUT2D eigenvalue weighted by molar-refractivity contribution is -0.404. The fourth-order valence-corrected chi connectivity index (χ4v) is 1.12. The van der Waals surface area contributed by atoms with E-state index in [2.05, 4.69) is 15.6 Å². The van der Waals surface area contributed by atoms with Crippen molar-refractivity contribution in [2.24, 2.45) is 0 Å². The Balaban J connectivity index is 2.56. The molecule has 6 nitrogen and oxygen atoms in total. The van der Waals surface area contributed by atoms with E-state index in [9.17, 15) is 10.1 Å². The van der Waals surface area contributed by atoms with Gasteiger partial charge in [0.1, 0.15) is 5.15 Å². The second kappa shape index (κ2) is 5.92. The van der Waals surface area contributed by atoms with Crippen LogP contribution >= 0.6 is 11.6 Å². The van der Waals surface area contributed by atoms with Crippen LogP contribution in [-0.2, 0) is 6.54 Å². The number of rotatable bonds is 5. The molecule has 1 rings (SSSR count). The molecule has 7 heteroatoms. The highest BCUT2D eigenvalue weighted by Crippen LogP contribution is 2.05. The van der Waals surface area contributed by atoms with Crippen LogP contribution in [0.15, 0.2) is 30.4 Å². The minimum atomic E-state index is -0.529. The Morgan fingerprint density at radius 2 is 2.44 bits per heavy atom. The summed E-state index contributed by atoms with van der Waals surface area (Å²) in [5, 5.41) is 16.2. The van der Waals surface area contributed by atoms with Gasteiger partial charge in [-0.05, 0) is 11.6 Å². The first-order chi connectivity index (χ1) is 7.61. The number of nitrogens with zero attached hydrogens (tertiary/aromatic N) is 2. The summed E-state index contributed by atoms with van der Waals surface area (Å²) in [5.74, 6) is 0.333. The molecule has 0 aromatic carbocycles. The van der Waals surface area contributed by atoms with E-state index < -0.39 is 4.92 Å². The van der Waals surface area contributed by atoms with Gasteiger partial charge in [-0.25, -0.2) is 4.98 Å². The Labute approximate surface area is 97.5 Å². The first kappa shape index (κ1) is 12.3. The lowest BCUT2D eigenvalue weighted by Gasteiger charge is -2.07. The van der Waals surface area contributed by atoms with Crippen molar-refractivity contribution in [1.29, 1.82) is 0 Å². The summed E-state index contributed by atoms with van der Waals surface area (Å²) in [6.45, 7) is 0.435. The molecule has 1 heterocycles. The molecule has 0 unspecified atom stereocenters. The molecule has 0 radical (unpaired) electrons. The lowest BCUT2D eigenvalue weighted by atomic mass is 10.3. The first-order valence-corrected chi connectivity index (χ1v) is 4.87. The third kappa shape index (κ3) is 4.14. The summed E-state index contributed by atoms with van der Waals surface area (Å²) < 4.78 is 0. The topological polar surface area (TPSA) is 80.1 Å². The van der Waals surface area contributed by atoms with Crippen molar-refractivity contribution in [3.8, 4) is 0 Å². The van der Waals surface area contributed by atoms with Gasteiger partial charge in [0.2, 0.25) is 0 Å². The van der Waals surface area contributed by atoms with Crippen molar-refractivity contribution in [1.82, 2.24) is 15.6 Å². The van der Waals surface area contributed by atoms with Gasteiger partial charge >= 0.3 is 0 Å². The van der Waals surface area contributed by atoms with Crippen LogP contribution in [0.2, 0.25) is 5.15 Å². The second-order valence-electron chi connectivity index (χ2n) is 2.92. The average Bonchev–Trinajstić information content (AvgIpc) is 2.26. The third-order valence-electron chi connectivity index (χ3n) is 1.78. The SMILES string of the molecule is CNC(=C[N+](=O)[O-])NCc1ccc(Cl)nc1. The number of aromatic nitrogens is 1. The molecule has 0 aliphatic heterocycles. The van der Waals surface area contributed by atoms with Crippen molar-refractivity contribution < 1.29 is 4.92 Å². The van der Waals surface area contributed by atoms with E-state index in [0.29, 0.717) is 17.5 Å².